The van der Waals surface area contributed by atoms with Crippen molar-refractivity contribution in [2.75, 3.05) is 12.5 Å². The summed E-state index contributed by atoms with van der Waals surface area (Å²) < 4.78 is 0. The van der Waals surface area contributed by atoms with Crippen LogP contribution in [0.3, 0.4) is 0 Å². The van der Waals surface area contributed by atoms with E-state index in [-0.39, 0.29) is 10.6 Å². The number of carbonyl (C=O) groups is 1. The molecule has 1 aromatic carbocycles. The summed E-state index contributed by atoms with van der Waals surface area (Å²) >= 11 is 6.79. The molecule has 1 atom stereocenters. The second-order valence-electron chi connectivity index (χ2n) is 3.08. The Hall–Kier alpha value is 0.0700. The predicted octanol–water partition coefficient (Wildman–Crippen LogP) is 4.16. The minimum atomic E-state index is -0.188. The molecule has 0 N–H and O–H groups in total. The van der Waals surface area contributed by atoms with Crippen molar-refractivity contribution in [1.29, 1.82) is 0 Å². The fourth-order valence-electron chi connectivity index (χ4n) is 1.26. The van der Waals surface area contributed by atoms with Gasteiger partial charge >= 0.3 is 0 Å². The monoisotopic (exact) mass is 304 g/mol. The third-order valence-electron chi connectivity index (χ3n) is 2.07. The van der Waals surface area contributed by atoms with E-state index in [4.69, 9.17) is 0 Å². The summed E-state index contributed by atoms with van der Waals surface area (Å²) in [5.74, 6) is 0.142. The zero-order chi connectivity index (χ0) is 11.4. The van der Waals surface area contributed by atoms with Crippen molar-refractivity contribution in [3.63, 3.8) is 0 Å². The fourth-order valence-corrected chi connectivity index (χ4v) is 2.85. The molecule has 1 rings (SSSR count). The normalized spacial score (nSPS) is 12.5. The number of hydrogen-bond acceptors (Lipinski definition) is 3. The van der Waals surface area contributed by atoms with Crippen molar-refractivity contribution in [2.24, 2.45) is 0 Å². The van der Waals surface area contributed by atoms with Gasteiger partial charge in [-0.25, -0.2) is 0 Å². The van der Waals surface area contributed by atoms with Gasteiger partial charge in [0.1, 0.15) is 5.78 Å². The molecule has 1 nitrogen and oxygen atoms in total. The van der Waals surface area contributed by atoms with Crippen LogP contribution in [0.15, 0.2) is 28.0 Å². The Morgan fingerprint density at radius 3 is 2.47 bits per heavy atom. The van der Waals surface area contributed by atoms with Crippen molar-refractivity contribution in [3.8, 4) is 0 Å². The summed E-state index contributed by atoms with van der Waals surface area (Å²) in [5, 5.41) is 0. The van der Waals surface area contributed by atoms with Crippen molar-refractivity contribution >= 4 is 45.2 Å². The molecule has 0 aliphatic heterocycles. The van der Waals surface area contributed by atoms with Gasteiger partial charge in [0.25, 0.3) is 0 Å². The summed E-state index contributed by atoms with van der Waals surface area (Å²) in [5.41, 5.74) is 1.07. The first-order valence-corrected chi connectivity index (χ1v) is 7.83. The van der Waals surface area contributed by atoms with Crippen LogP contribution < -0.4 is 0 Å². The minimum Gasteiger partial charge on any atom is -0.298 e. The molecule has 0 aliphatic carbocycles. The highest BCUT2D eigenvalue weighted by Gasteiger charge is 2.16. The molecule has 1 aromatic rings. The van der Waals surface area contributed by atoms with Gasteiger partial charge in [0.05, 0.1) is 4.83 Å². The largest absolute Gasteiger partial charge is 0.298 e. The van der Waals surface area contributed by atoms with Crippen LogP contribution in [0.5, 0.6) is 0 Å². The number of hydrogen-bond donors (Lipinski definition) is 0. The number of thioether (sulfide) groups is 2. The molecule has 15 heavy (non-hydrogen) atoms. The topological polar surface area (TPSA) is 17.1 Å². The molecule has 0 saturated heterocycles. The van der Waals surface area contributed by atoms with Gasteiger partial charge in [-0.3, -0.25) is 4.79 Å². The van der Waals surface area contributed by atoms with Crippen LogP contribution in [0.4, 0.5) is 0 Å². The van der Waals surface area contributed by atoms with Gasteiger partial charge in [-0.1, -0.05) is 15.9 Å². The van der Waals surface area contributed by atoms with Gasteiger partial charge < -0.3 is 0 Å². The van der Waals surface area contributed by atoms with Crippen molar-refractivity contribution < 1.29 is 4.79 Å². The Labute approximate surface area is 108 Å². The van der Waals surface area contributed by atoms with E-state index in [1.165, 1.54) is 4.90 Å². The minimum absolute atomic E-state index is 0.142. The van der Waals surface area contributed by atoms with Crippen molar-refractivity contribution in [1.82, 2.24) is 0 Å². The lowest BCUT2D eigenvalue weighted by Crippen LogP contribution is -2.02. The summed E-state index contributed by atoms with van der Waals surface area (Å²) in [6.07, 6.45) is 4.06. The van der Waals surface area contributed by atoms with E-state index in [1.807, 2.05) is 12.5 Å². The maximum absolute atomic E-state index is 11.3. The van der Waals surface area contributed by atoms with Crippen LogP contribution in [0, 0.1) is 0 Å². The molecule has 0 aliphatic rings. The Balaban J connectivity index is 3.16. The van der Waals surface area contributed by atoms with Crippen LogP contribution in [-0.2, 0) is 4.79 Å². The first kappa shape index (κ1) is 13.1. The molecule has 0 saturated carbocycles. The van der Waals surface area contributed by atoms with Crippen LogP contribution in [0.1, 0.15) is 17.3 Å². The van der Waals surface area contributed by atoms with Gasteiger partial charge in [-0.15, -0.1) is 23.5 Å². The van der Waals surface area contributed by atoms with Gasteiger partial charge in [-0.05, 0) is 43.2 Å². The first-order valence-electron chi connectivity index (χ1n) is 4.46. The van der Waals surface area contributed by atoms with Gasteiger partial charge in [0.15, 0.2) is 0 Å². The Kier molecular flexibility index (Phi) is 5.23. The molecule has 0 fully saturated rings. The average molecular weight is 305 g/mol. The van der Waals surface area contributed by atoms with Gasteiger partial charge in [0.2, 0.25) is 0 Å². The highest BCUT2D eigenvalue weighted by Crippen LogP contribution is 2.34. The Morgan fingerprint density at radius 1 is 1.33 bits per heavy atom. The Morgan fingerprint density at radius 2 is 2.00 bits per heavy atom. The van der Waals surface area contributed by atoms with E-state index in [1.54, 1.807) is 30.4 Å². The fraction of sp³-hybridized carbons (Fsp3) is 0.364. The van der Waals surface area contributed by atoms with E-state index >= 15 is 0 Å². The summed E-state index contributed by atoms with van der Waals surface area (Å²) in [6, 6.07) is 6.24. The van der Waals surface area contributed by atoms with E-state index in [2.05, 4.69) is 34.1 Å². The summed E-state index contributed by atoms with van der Waals surface area (Å²) in [7, 11) is 0. The van der Waals surface area contributed by atoms with E-state index < -0.39 is 0 Å². The quantitative estimate of drug-likeness (QED) is 0.614. The smallest absolute Gasteiger partial charge is 0.147 e. The molecular weight excluding hydrogens is 292 g/mol. The third kappa shape index (κ3) is 3.26. The highest BCUT2D eigenvalue weighted by molar-refractivity contribution is 9.09. The second-order valence-corrected chi connectivity index (χ2v) is 5.72. The number of Topliss-reactive ketones (excluding diaryl/α,β-unsaturated/α-hetero) is 1. The van der Waals surface area contributed by atoms with Crippen LogP contribution in [0.25, 0.3) is 0 Å². The lowest BCUT2D eigenvalue weighted by atomic mass is 10.1. The molecule has 82 valence electrons. The zero-order valence-corrected chi connectivity index (χ0v) is 12.1. The molecule has 0 bridgehead atoms. The van der Waals surface area contributed by atoms with Crippen LogP contribution in [0.2, 0.25) is 0 Å². The van der Waals surface area contributed by atoms with Gasteiger partial charge in [0, 0.05) is 9.79 Å². The number of alkyl halides is 1. The second kappa shape index (κ2) is 5.97. The molecular formula is C11H13BrOS2. The maximum Gasteiger partial charge on any atom is 0.147 e. The summed E-state index contributed by atoms with van der Waals surface area (Å²) in [4.78, 5) is 13.5. The molecule has 4 heteroatoms. The number of halogens is 1. The SMILES string of the molecule is CSc1ccc(SC)c(C(Br)C(C)=O)c1. The third-order valence-corrected chi connectivity index (χ3v) is 4.74. The lowest BCUT2D eigenvalue weighted by Gasteiger charge is -2.12. The zero-order valence-electron chi connectivity index (χ0n) is 8.91. The molecule has 0 amide bonds. The van der Waals surface area contributed by atoms with Crippen molar-refractivity contribution in [2.45, 2.75) is 21.5 Å². The first-order chi connectivity index (χ1) is 7.10. The summed E-state index contributed by atoms with van der Waals surface area (Å²) in [6.45, 7) is 1.61. The standard InChI is InChI=1S/C11H13BrOS2/c1-7(13)11(12)9-6-8(14-2)4-5-10(9)15-3/h4-6,11H,1-3H3. The number of rotatable bonds is 4. The number of carbonyl (C=O) groups excluding carboxylic acids is 1. The van der Waals surface area contributed by atoms with Crippen molar-refractivity contribution in [3.05, 3.63) is 23.8 Å². The molecule has 0 heterocycles. The molecule has 0 spiro atoms. The average Bonchev–Trinajstić information content (AvgIpc) is 2.27. The molecule has 0 radical (unpaired) electrons. The predicted molar refractivity (Wildman–Crippen MR) is 72.4 cm³/mol. The van der Waals surface area contributed by atoms with Crippen LogP contribution >= 0.6 is 39.5 Å². The molecule has 0 aromatic heterocycles. The van der Waals surface area contributed by atoms with Crippen LogP contribution in [-0.4, -0.2) is 18.3 Å². The maximum atomic E-state index is 11.3. The highest BCUT2D eigenvalue weighted by atomic mass is 79.9. The van der Waals surface area contributed by atoms with E-state index in [0.717, 1.165) is 10.5 Å². The van der Waals surface area contributed by atoms with Gasteiger partial charge in [-0.2, -0.15) is 0 Å². The lowest BCUT2D eigenvalue weighted by molar-refractivity contribution is -0.116. The van der Waals surface area contributed by atoms with E-state index in [9.17, 15) is 4.79 Å². The number of benzene rings is 1. The van der Waals surface area contributed by atoms with E-state index in [0.29, 0.717) is 0 Å². The Bertz CT molecular complexity index is 366. The molecule has 1 unspecified atom stereocenters. The number of ketones is 1.